The van der Waals surface area contributed by atoms with Gasteiger partial charge in [-0.05, 0) is 84.7 Å². The number of para-hydroxylation sites is 2. The molecule has 0 aliphatic carbocycles. The number of sulfone groups is 1. The average molecular weight is 677 g/mol. The third kappa shape index (κ3) is 13.4. The molecule has 0 saturated heterocycles. The molecular weight excluding hydrogens is 621 g/mol. The molecule has 0 spiro atoms. The molecule has 4 nitrogen and oxygen atoms in total. The van der Waals surface area contributed by atoms with E-state index in [1.807, 2.05) is 36.4 Å². The Labute approximate surface area is 297 Å². The number of rotatable bonds is 22. The van der Waals surface area contributed by atoms with E-state index in [2.05, 4.69) is 96.4 Å². The Balaban J connectivity index is 1.36. The minimum absolute atomic E-state index is 0.851. The van der Waals surface area contributed by atoms with E-state index in [1.54, 1.807) is 12.2 Å². The summed E-state index contributed by atoms with van der Waals surface area (Å²) in [5, 5.41) is 2.57. The maximum atomic E-state index is 12.9. The summed E-state index contributed by atoms with van der Waals surface area (Å²) in [6.07, 6.45) is 18.4. The van der Waals surface area contributed by atoms with E-state index in [9.17, 15) is 8.42 Å². The summed E-state index contributed by atoms with van der Waals surface area (Å²) in [4.78, 5) is 4.71. The summed E-state index contributed by atoms with van der Waals surface area (Å²) in [7, 11) is -3.54. The lowest BCUT2D eigenvalue weighted by Crippen LogP contribution is -2.18. The summed E-state index contributed by atoms with van der Waals surface area (Å²) >= 11 is 0. The van der Waals surface area contributed by atoms with E-state index in [4.69, 9.17) is 0 Å². The molecule has 5 heteroatoms. The minimum Gasteiger partial charge on any atom is -0.341 e. The zero-order chi connectivity index (χ0) is 34.6. The number of hydrogen-bond donors (Lipinski definition) is 0. The fourth-order valence-corrected chi connectivity index (χ4v) is 6.84. The second kappa shape index (κ2) is 21.1. The van der Waals surface area contributed by atoms with Crippen molar-refractivity contribution in [3.8, 4) is 0 Å². The predicted molar refractivity (Wildman–Crippen MR) is 214 cm³/mol. The first-order valence-corrected chi connectivity index (χ1v) is 20.1. The summed E-state index contributed by atoms with van der Waals surface area (Å²) in [5.74, 6) is 0. The molecule has 0 heterocycles. The van der Waals surface area contributed by atoms with Crippen molar-refractivity contribution in [3.05, 3.63) is 131 Å². The van der Waals surface area contributed by atoms with Crippen molar-refractivity contribution >= 4 is 44.7 Å². The zero-order valence-electron chi connectivity index (χ0n) is 29.7. The average Bonchev–Trinajstić information content (AvgIpc) is 3.14. The van der Waals surface area contributed by atoms with Crippen LogP contribution in [0.4, 0.5) is 22.7 Å². The SMILES string of the molecule is CCCCCCCCN(c1ccccc1)c1ccc(/C=C/S(=O)(=O)/C=C/c2ccc(N(CCCCCCCC)c3ccccc3)cc2)cc1. The molecule has 0 amide bonds. The van der Waals surface area contributed by atoms with Gasteiger partial charge in [0.1, 0.15) is 0 Å². The molecule has 0 unspecified atom stereocenters. The van der Waals surface area contributed by atoms with Crippen LogP contribution in [0.2, 0.25) is 0 Å². The molecule has 0 fully saturated rings. The van der Waals surface area contributed by atoms with Gasteiger partial charge in [0.2, 0.25) is 0 Å². The summed E-state index contributed by atoms with van der Waals surface area (Å²) in [5.41, 5.74) is 6.27. The molecule has 4 aromatic carbocycles. The third-order valence-corrected chi connectivity index (χ3v) is 9.95. The number of nitrogens with zero attached hydrogens (tertiary/aromatic N) is 2. The van der Waals surface area contributed by atoms with Crippen molar-refractivity contribution < 1.29 is 8.42 Å². The van der Waals surface area contributed by atoms with Gasteiger partial charge in [0.25, 0.3) is 0 Å². The van der Waals surface area contributed by atoms with E-state index in [-0.39, 0.29) is 0 Å². The molecule has 0 saturated carbocycles. The van der Waals surface area contributed by atoms with Gasteiger partial charge in [-0.15, -0.1) is 0 Å². The molecule has 0 aromatic heterocycles. The minimum atomic E-state index is -3.54. The Morgan fingerprint density at radius 2 is 0.755 bits per heavy atom. The van der Waals surface area contributed by atoms with Gasteiger partial charge in [-0.2, -0.15) is 0 Å². The highest BCUT2D eigenvalue weighted by atomic mass is 32.2. The lowest BCUT2D eigenvalue weighted by atomic mass is 10.1. The highest BCUT2D eigenvalue weighted by Crippen LogP contribution is 2.28. The van der Waals surface area contributed by atoms with Crippen molar-refractivity contribution in [3.63, 3.8) is 0 Å². The second-order valence-corrected chi connectivity index (χ2v) is 14.6. The van der Waals surface area contributed by atoms with Crippen LogP contribution < -0.4 is 9.80 Å². The predicted octanol–water partition coefficient (Wildman–Crippen LogP) is 12.7. The summed E-state index contributed by atoms with van der Waals surface area (Å²) < 4.78 is 25.9. The standard InChI is InChI=1S/C44H56N2O2S/c1-3-5-7-9-11-19-35-45(41-21-15-13-16-22-41)43-29-25-39(26-30-43)33-37-49(47,48)38-34-40-27-31-44(32-28-40)46(42-23-17-14-18-24-42)36-20-12-10-8-6-4-2/h13-18,21-34,37-38H,3-12,19-20,35-36H2,1-2H3/b37-33+,38-34+. The van der Waals surface area contributed by atoms with Crippen LogP contribution in [0.1, 0.15) is 102 Å². The van der Waals surface area contributed by atoms with Crippen molar-refractivity contribution in [2.75, 3.05) is 22.9 Å². The van der Waals surface area contributed by atoms with E-state index in [0.29, 0.717) is 0 Å². The van der Waals surface area contributed by atoms with Gasteiger partial charge in [0.15, 0.2) is 9.84 Å². The molecule has 4 rings (SSSR count). The molecule has 0 radical (unpaired) electrons. The first-order chi connectivity index (χ1) is 24.0. The number of unbranched alkanes of at least 4 members (excludes halogenated alkanes) is 10. The number of benzene rings is 4. The van der Waals surface area contributed by atoms with Crippen LogP contribution in [0.3, 0.4) is 0 Å². The highest BCUT2D eigenvalue weighted by Gasteiger charge is 2.11. The van der Waals surface area contributed by atoms with Crippen LogP contribution in [0, 0.1) is 0 Å². The van der Waals surface area contributed by atoms with Crippen LogP contribution in [-0.4, -0.2) is 21.5 Å². The van der Waals surface area contributed by atoms with Gasteiger partial charge in [-0.3, -0.25) is 0 Å². The molecule has 0 N–H and O–H groups in total. The second-order valence-electron chi connectivity index (χ2n) is 12.9. The fraction of sp³-hybridized carbons (Fsp3) is 0.364. The first kappa shape index (κ1) is 37.7. The van der Waals surface area contributed by atoms with Crippen LogP contribution in [0.5, 0.6) is 0 Å². The molecule has 0 aliphatic heterocycles. The van der Waals surface area contributed by atoms with Crippen LogP contribution in [0.25, 0.3) is 12.2 Å². The molecule has 260 valence electrons. The van der Waals surface area contributed by atoms with E-state index < -0.39 is 9.84 Å². The van der Waals surface area contributed by atoms with E-state index in [1.165, 1.54) is 86.4 Å². The van der Waals surface area contributed by atoms with Crippen molar-refractivity contribution in [2.24, 2.45) is 0 Å². The van der Waals surface area contributed by atoms with Crippen molar-refractivity contribution in [1.82, 2.24) is 0 Å². The van der Waals surface area contributed by atoms with Gasteiger partial charge in [0.05, 0.1) is 0 Å². The Bertz CT molecular complexity index is 1510. The topological polar surface area (TPSA) is 40.6 Å². The van der Waals surface area contributed by atoms with Crippen LogP contribution in [0.15, 0.2) is 120 Å². The van der Waals surface area contributed by atoms with Crippen molar-refractivity contribution in [1.29, 1.82) is 0 Å². The lowest BCUT2D eigenvalue weighted by molar-refractivity contribution is 0.609. The Hall–Kier alpha value is -4.09. The Morgan fingerprint density at radius 3 is 1.12 bits per heavy atom. The smallest absolute Gasteiger partial charge is 0.193 e. The third-order valence-electron chi connectivity index (χ3n) is 8.92. The largest absolute Gasteiger partial charge is 0.341 e. The van der Waals surface area contributed by atoms with Crippen LogP contribution in [-0.2, 0) is 9.84 Å². The highest BCUT2D eigenvalue weighted by molar-refractivity contribution is 7.97. The maximum absolute atomic E-state index is 12.9. The number of anilines is 4. The molecule has 0 aliphatic rings. The van der Waals surface area contributed by atoms with E-state index >= 15 is 0 Å². The zero-order valence-corrected chi connectivity index (χ0v) is 30.5. The number of hydrogen-bond acceptors (Lipinski definition) is 4. The normalized spacial score (nSPS) is 11.8. The molecule has 0 atom stereocenters. The summed E-state index contributed by atoms with van der Waals surface area (Å²) in [6, 6.07) is 37.3. The molecule has 0 bridgehead atoms. The van der Waals surface area contributed by atoms with Crippen LogP contribution >= 0.6 is 0 Å². The van der Waals surface area contributed by atoms with Gasteiger partial charge in [0, 0.05) is 46.7 Å². The molecule has 49 heavy (non-hydrogen) atoms. The molecular formula is C44H56N2O2S. The lowest BCUT2D eigenvalue weighted by Gasteiger charge is -2.25. The van der Waals surface area contributed by atoms with Gasteiger partial charge in [-0.1, -0.05) is 139 Å². The monoisotopic (exact) mass is 676 g/mol. The van der Waals surface area contributed by atoms with Gasteiger partial charge < -0.3 is 9.80 Å². The van der Waals surface area contributed by atoms with Gasteiger partial charge in [-0.25, -0.2) is 8.42 Å². The van der Waals surface area contributed by atoms with Gasteiger partial charge >= 0.3 is 0 Å². The Morgan fingerprint density at radius 1 is 0.429 bits per heavy atom. The van der Waals surface area contributed by atoms with E-state index in [0.717, 1.165) is 48.4 Å². The molecule has 4 aromatic rings. The first-order valence-electron chi connectivity index (χ1n) is 18.5. The Kier molecular flexibility index (Phi) is 16.2. The maximum Gasteiger partial charge on any atom is 0.193 e. The quantitative estimate of drug-likeness (QED) is 0.0777. The fourth-order valence-electron chi connectivity index (χ4n) is 6.05. The van der Waals surface area contributed by atoms with Crippen molar-refractivity contribution in [2.45, 2.75) is 90.9 Å². The summed E-state index contributed by atoms with van der Waals surface area (Å²) in [6.45, 7) is 6.40.